The van der Waals surface area contributed by atoms with E-state index in [2.05, 4.69) is 10.3 Å². The molecule has 0 aromatic heterocycles. The first-order valence-corrected chi connectivity index (χ1v) is 9.43. The van der Waals surface area contributed by atoms with Gasteiger partial charge >= 0.3 is 5.97 Å². The van der Waals surface area contributed by atoms with Crippen molar-refractivity contribution < 1.29 is 24.2 Å². The summed E-state index contributed by atoms with van der Waals surface area (Å²) in [5, 5.41) is 13.0. The summed E-state index contributed by atoms with van der Waals surface area (Å²) in [7, 11) is 0. The van der Waals surface area contributed by atoms with Crippen LogP contribution in [-0.4, -0.2) is 42.7 Å². The molecule has 0 saturated heterocycles. The number of hydrogen-bond acceptors (Lipinski definition) is 6. The van der Waals surface area contributed by atoms with Gasteiger partial charge in [0.15, 0.2) is 5.96 Å². The average Bonchev–Trinajstić information content (AvgIpc) is 2.71. The fraction of sp³-hybridized carbons (Fsp3) is 0.286. The maximum Gasteiger partial charge on any atom is 0.308 e. The average molecular weight is 451 g/mol. The van der Waals surface area contributed by atoms with E-state index in [1.165, 1.54) is 12.1 Å². The van der Waals surface area contributed by atoms with E-state index in [0.717, 1.165) is 5.56 Å². The number of nitrogens with two attached hydrogens (primary N) is 2. The number of rotatable bonds is 10. The Hall–Kier alpha value is -3.46. The molecule has 9 nitrogen and oxygen atoms in total. The number of carbonyl (C=O) groups is 2. The first kappa shape index (κ1) is 25.6. The molecule has 6 N–H and O–H groups in total. The number of nitrogens with one attached hydrogen (secondary N) is 1. The van der Waals surface area contributed by atoms with Gasteiger partial charge in [0.05, 0.1) is 31.2 Å². The van der Waals surface area contributed by atoms with Crippen LogP contribution in [0.25, 0.3) is 0 Å². The van der Waals surface area contributed by atoms with Crippen LogP contribution in [0.5, 0.6) is 11.5 Å². The number of phenolic OH excluding ortho intramolecular Hbond substituents is 1. The number of ether oxygens (including phenoxy) is 2. The molecule has 1 unspecified atom stereocenters. The molecule has 0 aliphatic rings. The van der Waals surface area contributed by atoms with Crippen molar-refractivity contribution in [2.75, 3.05) is 19.8 Å². The van der Waals surface area contributed by atoms with Crippen molar-refractivity contribution in [1.29, 1.82) is 0 Å². The highest BCUT2D eigenvalue weighted by molar-refractivity contribution is 5.97. The molecule has 0 aliphatic heterocycles. The number of benzene rings is 2. The second-order valence-electron chi connectivity index (χ2n) is 6.28. The zero-order valence-electron chi connectivity index (χ0n) is 17.1. The monoisotopic (exact) mass is 450 g/mol. The molecule has 0 bridgehead atoms. The first-order valence-electron chi connectivity index (χ1n) is 9.43. The molecule has 0 spiro atoms. The van der Waals surface area contributed by atoms with Gasteiger partial charge in [-0.25, -0.2) is 0 Å². The van der Waals surface area contributed by atoms with Crippen molar-refractivity contribution in [2.45, 2.75) is 19.4 Å². The number of aliphatic imine (C=N–C) groups is 1. The third kappa shape index (κ3) is 8.43. The normalized spacial score (nSPS) is 10.9. The highest BCUT2D eigenvalue weighted by Crippen LogP contribution is 2.25. The Balaban J connectivity index is 0.00000480. The number of guanidine groups is 1. The maximum atomic E-state index is 12.7. The first-order chi connectivity index (χ1) is 14.4. The lowest BCUT2D eigenvalue weighted by atomic mass is 10.0. The van der Waals surface area contributed by atoms with Gasteiger partial charge in [-0.2, -0.15) is 0 Å². The predicted octanol–water partition coefficient (Wildman–Crippen LogP) is 1.89. The zero-order valence-corrected chi connectivity index (χ0v) is 17.9. The second-order valence-corrected chi connectivity index (χ2v) is 6.28. The summed E-state index contributed by atoms with van der Waals surface area (Å²) in [6, 6.07) is 12.8. The summed E-state index contributed by atoms with van der Waals surface area (Å²) in [5.41, 5.74) is 11.3. The van der Waals surface area contributed by atoms with Gasteiger partial charge in [0, 0.05) is 6.07 Å². The highest BCUT2D eigenvalue weighted by atomic mass is 35.5. The molecule has 1 atom stereocenters. The summed E-state index contributed by atoms with van der Waals surface area (Å²) in [6.07, 6.45) is -0.0314. The number of amides is 1. The van der Waals surface area contributed by atoms with Crippen LogP contribution in [0.15, 0.2) is 53.5 Å². The number of halogens is 1. The van der Waals surface area contributed by atoms with Crippen LogP contribution < -0.4 is 21.5 Å². The molecule has 31 heavy (non-hydrogen) atoms. The van der Waals surface area contributed by atoms with Crippen molar-refractivity contribution in [2.24, 2.45) is 16.5 Å². The fourth-order valence-corrected chi connectivity index (χ4v) is 2.69. The number of hydrogen-bond donors (Lipinski definition) is 4. The Kier molecular flexibility index (Phi) is 10.7. The van der Waals surface area contributed by atoms with Gasteiger partial charge in [-0.15, -0.1) is 12.4 Å². The van der Waals surface area contributed by atoms with E-state index in [1.54, 1.807) is 25.1 Å². The fourth-order valence-electron chi connectivity index (χ4n) is 2.69. The Labute approximate surface area is 186 Å². The van der Waals surface area contributed by atoms with Crippen molar-refractivity contribution in [3.63, 3.8) is 0 Å². The summed E-state index contributed by atoms with van der Waals surface area (Å²) >= 11 is 0. The number of aromatic hydroxyl groups is 1. The van der Waals surface area contributed by atoms with Gasteiger partial charge in [0.1, 0.15) is 18.1 Å². The molecule has 1 amide bonds. The van der Waals surface area contributed by atoms with Crippen LogP contribution in [0.2, 0.25) is 0 Å². The Morgan fingerprint density at radius 2 is 1.87 bits per heavy atom. The minimum absolute atomic E-state index is 0. The van der Waals surface area contributed by atoms with Gasteiger partial charge in [-0.3, -0.25) is 14.6 Å². The van der Waals surface area contributed by atoms with E-state index in [0.29, 0.717) is 5.75 Å². The number of carbonyl (C=O) groups excluding carboxylic acids is 2. The van der Waals surface area contributed by atoms with Crippen LogP contribution in [-0.2, 0) is 9.53 Å². The van der Waals surface area contributed by atoms with Crippen LogP contribution in [0.1, 0.15) is 35.3 Å². The number of phenols is 1. The van der Waals surface area contributed by atoms with E-state index < -0.39 is 17.9 Å². The van der Waals surface area contributed by atoms with Crippen LogP contribution >= 0.6 is 12.4 Å². The third-order valence-electron chi connectivity index (χ3n) is 4.05. The molecule has 10 heteroatoms. The van der Waals surface area contributed by atoms with Gasteiger partial charge in [-0.1, -0.05) is 30.3 Å². The van der Waals surface area contributed by atoms with E-state index in [-0.39, 0.29) is 55.9 Å². The summed E-state index contributed by atoms with van der Waals surface area (Å²) < 4.78 is 10.4. The lowest BCUT2D eigenvalue weighted by Gasteiger charge is -2.19. The van der Waals surface area contributed by atoms with Gasteiger partial charge in [0.2, 0.25) is 0 Å². The summed E-state index contributed by atoms with van der Waals surface area (Å²) in [6.45, 7) is 2.43. The standard InChI is InChI=1S/C21H26N4O5.ClH/c1-2-29-19(27)13-17(14-6-4-3-5-7-14)25-20(28)16-9-8-15(12-18(16)26)30-11-10-24-21(22)23;/h3-9,12,17,26H,2,10-11,13H2,1H3,(H,25,28)(H4,22,23,24);1H. The molecule has 168 valence electrons. The highest BCUT2D eigenvalue weighted by Gasteiger charge is 2.21. The Bertz CT molecular complexity index is 889. The number of nitrogens with zero attached hydrogens (tertiary/aromatic N) is 1. The molecular formula is C21H27ClN4O5. The number of esters is 1. The zero-order chi connectivity index (χ0) is 21.9. The molecule has 0 radical (unpaired) electrons. The Morgan fingerprint density at radius 3 is 2.48 bits per heavy atom. The molecule has 0 fully saturated rings. The van der Waals surface area contributed by atoms with Crippen molar-refractivity contribution in [3.05, 3.63) is 59.7 Å². The lowest BCUT2D eigenvalue weighted by Crippen LogP contribution is -2.30. The molecule has 2 aromatic rings. The third-order valence-corrected chi connectivity index (χ3v) is 4.05. The molecule has 0 saturated carbocycles. The molecule has 2 aromatic carbocycles. The van der Waals surface area contributed by atoms with Crippen molar-refractivity contribution >= 4 is 30.2 Å². The SMILES string of the molecule is CCOC(=O)CC(NC(=O)c1ccc(OCCN=C(N)N)cc1O)c1ccccc1.Cl. The molecular weight excluding hydrogens is 424 g/mol. The van der Waals surface area contributed by atoms with Crippen LogP contribution in [0.4, 0.5) is 0 Å². The quantitative estimate of drug-likeness (QED) is 0.187. The van der Waals surface area contributed by atoms with E-state index in [4.69, 9.17) is 20.9 Å². The van der Waals surface area contributed by atoms with E-state index in [1.807, 2.05) is 18.2 Å². The second kappa shape index (κ2) is 13.0. The van der Waals surface area contributed by atoms with Crippen molar-refractivity contribution in [1.82, 2.24) is 5.32 Å². The smallest absolute Gasteiger partial charge is 0.308 e. The minimum atomic E-state index is -0.604. The molecule has 2 rings (SSSR count). The van der Waals surface area contributed by atoms with Crippen LogP contribution in [0.3, 0.4) is 0 Å². The Morgan fingerprint density at radius 1 is 1.16 bits per heavy atom. The van der Waals surface area contributed by atoms with Gasteiger partial charge < -0.3 is 31.4 Å². The van der Waals surface area contributed by atoms with E-state index >= 15 is 0 Å². The van der Waals surface area contributed by atoms with Gasteiger partial charge in [0.25, 0.3) is 5.91 Å². The van der Waals surface area contributed by atoms with Gasteiger partial charge in [-0.05, 0) is 24.6 Å². The molecule has 0 heterocycles. The lowest BCUT2D eigenvalue weighted by molar-refractivity contribution is -0.143. The van der Waals surface area contributed by atoms with E-state index in [9.17, 15) is 14.7 Å². The van der Waals surface area contributed by atoms with Crippen molar-refractivity contribution in [3.8, 4) is 11.5 Å². The summed E-state index contributed by atoms with van der Waals surface area (Å²) in [4.78, 5) is 28.5. The predicted molar refractivity (Wildman–Crippen MR) is 119 cm³/mol. The maximum absolute atomic E-state index is 12.7. The topological polar surface area (TPSA) is 149 Å². The minimum Gasteiger partial charge on any atom is -0.507 e. The van der Waals surface area contributed by atoms with Crippen LogP contribution in [0, 0.1) is 0 Å². The summed E-state index contributed by atoms with van der Waals surface area (Å²) in [5.74, 6) is -0.891. The molecule has 0 aliphatic carbocycles. The largest absolute Gasteiger partial charge is 0.507 e.